The maximum absolute atomic E-state index is 12.2. The van der Waals surface area contributed by atoms with E-state index in [9.17, 15) is 8.42 Å². The Morgan fingerprint density at radius 3 is 2.61 bits per heavy atom. The molecule has 0 aromatic heterocycles. The number of hydrogen-bond acceptors (Lipinski definition) is 5. The molecular weight excluding hydrogens is 378 g/mol. The van der Waals surface area contributed by atoms with Crippen molar-refractivity contribution in [1.82, 2.24) is 10.6 Å². The Labute approximate surface area is 165 Å². The lowest BCUT2D eigenvalue weighted by Gasteiger charge is -2.12. The number of ether oxygens (including phenoxy) is 2. The molecule has 1 aliphatic heterocycles. The number of aliphatic imine (C=N–C) groups is 1. The number of guanidine groups is 1. The summed E-state index contributed by atoms with van der Waals surface area (Å²) < 4.78 is 35.1. The molecule has 7 nitrogen and oxygen atoms in total. The molecular formula is C20H25N3O4S. The van der Waals surface area contributed by atoms with Gasteiger partial charge in [0.25, 0.3) is 0 Å². The molecule has 2 aromatic carbocycles. The smallest absolute Gasteiger partial charge is 0.231 e. The fraction of sp³-hybridized carbons (Fsp3) is 0.350. The van der Waals surface area contributed by atoms with E-state index in [4.69, 9.17) is 9.47 Å². The van der Waals surface area contributed by atoms with Crippen LogP contribution >= 0.6 is 0 Å². The van der Waals surface area contributed by atoms with Crippen molar-refractivity contribution in [2.45, 2.75) is 18.7 Å². The quantitative estimate of drug-likeness (QED) is 0.399. The maximum atomic E-state index is 12.2. The Bertz CT molecular complexity index is 914. The van der Waals surface area contributed by atoms with Gasteiger partial charge in [-0.05, 0) is 29.7 Å². The molecule has 1 aliphatic rings. The van der Waals surface area contributed by atoms with E-state index in [1.807, 2.05) is 48.5 Å². The first-order chi connectivity index (χ1) is 13.6. The van der Waals surface area contributed by atoms with Crippen molar-refractivity contribution in [2.75, 3.05) is 26.1 Å². The number of hydrogen-bond donors (Lipinski definition) is 2. The second-order valence-corrected chi connectivity index (χ2v) is 8.66. The van der Waals surface area contributed by atoms with Crippen molar-refractivity contribution in [1.29, 1.82) is 0 Å². The van der Waals surface area contributed by atoms with Crippen molar-refractivity contribution in [3.05, 3.63) is 59.7 Å². The number of benzene rings is 2. The van der Waals surface area contributed by atoms with Crippen molar-refractivity contribution in [3.63, 3.8) is 0 Å². The summed E-state index contributed by atoms with van der Waals surface area (Å²) in [4.78, 5) is 4.17. The van der Waals surface area contributed by atoms with E-state index in [0.29, 0.717) is 25.5 Å². The molecule has 8 heteroatoms. The molecule has 2 aromatic rings. The van der Waals surface area contributed by atoms with E-state index in [1.54, 1.807) is 7.05 Å². The van der Waals surface area contributed by atoms with Crippen molar-refractivity contribution < 1.29 is 17.9 Å². The lowest BCUT2D eigenvalue weighted by molar-refractivity contribution is 0.174. The molecule has 150 valence electrons. The third-order valence-corrected chi connectivity index (χ3v) is 5.96. The van der Waals surface area contributed by atoms with E-state index in [0.717, 1.165) is 22.6 Å². The van der Waals surface area contributed by atoms with Crippen LogP contribution in [0.15, 0.2) is 53.5 Å². The maximum Gasteiger partial charge on any atom is 0.231 e. The first kappa shape index (κ1) is 20.0. The van der Waals surface area contributed by atoms with Crippen LogP contribution in [0.3, 0.4) is 0 Å². The molecule has 0 atom stereocenters. The summed E-state index contributed by atoms with van der Waals surface area (Å²) >= 11 is 0. The molecule has 0 saturated carbocycles. The highest BCUT2D eigenvalue weighted by molar-refractivity contribution is 7.90. The standard InChI is InChI=1S/C20H25N3O4S/c1-21-20(23-13-17-8-9-18-19(12-17)27-15-26-18)22-10-5-11-28(24,25)14-16-6-3-2-4-7-16/h2-4,6-9,12H,5,10-11,13-15H2,1H3,(H2,21,22,23). The van der Waals surface area contributed by atoms with E-state index in [2.05, 4.69) is 15.6 Å². The lowest BCUT2D eigenvalue weighted by Crippen LogP contribution is -2.37. The summed E-state index contributed by atoms with van der Waals surface area (Å²) in [6, 6.07) is 15.0. The van der Waals surface area contributed by atoms with Crippen molar-refractivity contribution in [2.24, 2.45) is 4.99 Å². The molecule has 1 heterocycles. The Balaban J connectivity index is 1.39. The monoisotopic (exact) mass is 403 g/mol. The Kier molecular flexibility index (Phi) is 6.76. The molecule has 0 saturated heterocycles. The summed E-state index contributed by atoms with van der Waals surface area (Å²) in [5.74, 6) is 2.32. The van der Waals surface area contributed by atoms with Crippen LogP contribution in [0.4, 0.5) is 0 Å². The van der Waals surface area contributed by atoms with Gasteiger partial charge in [-0.2, -0.15) is 0 Å². The minimum absolute atomic E-state index is 0.0743. The largest absolute Gasteiger partial charge is 0.454 e. The summed E-state index contributed by atoms with van der Waals surface area (Å²) in [7, 11) is -1.44. The van der Waals surface area contributed by atoms with Gasteiger partial charge in [0.15, 0.2) is 27.3 Å². The number of nitrogens with one attached hydrogen (secondary N) is 2. The van der Waals surface area contributed by atoms with Crippen LogP contribution < -0.4 is 20.1 Å². The Morgan fingerprint density at radius 1 is 1.04 bits per heavy atom. The third-order valence-electron chi connectivity index (χ3n) is 4.27. The van der Waals surface area contributed by atoms with E-state index >= 15 is 0 Å². The zero-order chi connectivity index (χ0) is 19.8. The zero-order valence-electron chi connectivity index (χ0n) is 15.8. The van der Waals surface area contributed by atoms with Crippen LogP contribution in [0.1, 0.15) is 17.5 Å². The lowest BCUT2D eigenvalue weighted by atomic mass is 10.2. The highest BCUT2D eigenvalue weighted by Gasteiger charge is 2.14. The number of fused-ring (bicyclic) bond motifs is 1. The molecule has 0 unspecified atom stereocenters. The van der Waals surface area contributed by atoms with Gasteiger partial charge in [-0.25, -0.2) is 8.42 Å². The second-order valence-electron chi connectivity index (χ2n) is 6.47. The van der Waals surface area contributed by atoms with E-state index in [1.165, 1.54) is 0 Å². The Hall–Kier alpha value is -2.74. The average Bonchev–Trinajstić information content (AvgIpc) is 3.15. The predicted octanol–water partition coefficient (Wildman–Crippen LogP) is 2.09. The Morgan fingerprint density at radius 2 is 1.82 bits per heavy atom. The van der Waals surface area contributed by atoms with Gasteiger partial charge < -0.3 is 20.1 Å². The van der Waals surface area contributed by atoms with Gasteiger partial charge >= 0.3 is 0 Å². The number of sulfone groups is 1. The van der Waals surface area contributed by atoms with Gasteiger partial charge in [0.1, 0.15) is 0 Å². The summed E-state index contributed by atoms with van der Waals surface area (Å²) in [5, 5.41) is 6.35. The number of rotatable bonds is 8. The third kappa shape index (κ3) is 5.88. The summed E-state index contributed by atoms with van der Waals surface area (Å²) in [5.41, 5.74) is 1.86. The molecule has 0 amide bonds. The van der Waals surface area contributed by atoms with Gasteiger partial charge in [-0.15, -0.1) is 0 Å². The summed E-state index contributed by atoms with van der Waals surface area (Å²) in [6.07, 6.45) is 0.514. The fourth-order valence-corrected chi connectivity index (χ4v) is 4.29. The van der Waals surface area contributed by atoms with Crippen LogP contribution in [-0.4, -0.2) is 40.5 Å². The molecule has 3 rings (SSSR count). The molecule has 0 bridgehead atoms. The minimum Gasteiger partial charge on any atom is -0.454 e. The molecule has 28 heavy (non-hydrogen) atoms. The second kappa shape index (κ2) is 9.45. The zero-order valence-corrected chi connectivity index (χ0v) is 16.7. The molecule has 0 fully saturated rings. The molecule has 2 N–H and O–H groups in total. The van der Waals surface area contributed by atoms with E-state index < -0.39 is 9.84 Å². The van der Waals surface area contributed by atoms with Crippen LogP contribution in [0.25, 0.3) is 0 Å². The fourth-order valence-electron chi connectivity index (χ4n) is 2.86. The van der Waals surface area contributed by atoms with Gasteiger partial charge in [-0.3, -0.25) is 4.99 Å². The van der Waals surface area contributed by atoms with Gasteiger partial charge in [0, 0.05) is 20.1 Å². The SMILES string of the molecule is CN=C(NCCCS(=O)(=O)Cc1ccccc1)NCc1ccc2c(c1)OCO2. The van der Waals surface area contributed by atoms with Gasteiger partial charge in [0.05, 0.1) is 11.5 Å². The summed E-state index contributed by atoms with van der Waals surface area (Å²) in [6.45, 7) is 1.35. The van der Waals surface area contributed by atoms with Crippen molar-refractivity contribution in [3.8, 4) is 11.5 Å². The van der Waals surface area contributed by atoms with Crippen LogP contribution in [-0.2, 0) is 22.1 Å². The van der Waals surface area contributed by atoms with Crippen molar-refractivity contribution >= 4 is 15.8 Å². The molecule has 0 spiro atoms. The molecule has 0 radical (unpaired) electrons. The van der Waals surface area contributed by atoms with Crippen LogP contribution in [0.5, 0.6) is 11.5 Å². The topological polar surface area (TPSA) is 89.0 Å². The number of nitrogens with zero attached hydrogens (tertiary/aromatic N) is 1. The minimum atomic E-state index is -3.13. The first-order valence-electron chi connectivity index (χ1n) is 9.13. The molecule has 0 aliphatic carbocycles. The predicted molar refractivity (Wildman–Crippen MR) is 109 cm³/mol. The normalized spacial score (nSPS) is 13.4. The van der Waals surface area contributed by atoms with Crippen LogP contribution in [0, 0.1) is 0 Å². The van der Waals surface area contributed by atoms with E-state index in [-0.39, 0.29) is 18.3 Å². The van der Waals surface area contributed by atoms with Gasteiger partial charge in [-0.1, -0.05) is 36.4 Å². The highest BCUT2D eigenvalue weighted by Crippen LogP contribution is 2.32. The average molecular weight is 404 g/mol. The van der Waals surface area contributed by atoms with Crippen LogP contribution in [0.2, 0.25) is 0 Å². The first-order valence-corrected chi connectivity index (χ1v) is 11.0. The highest BCUT2D eigenvalue weighted by atomic mass is 32.2. The van der Waals surface area contributed by atoms with Gasteiger partial charge in [0.2, 0.25) is 6.79 Å².